The third-order valence-corrected chi connectivity index (χ3v) is 4.39. The smallest absolute Gasteiger partial charge is 0.273 e. The molecule has 9 heteroatoms. The van der Waals surface area contributed by atoms with Crippen molar-refractivity contribution in [2.24, 2.45) is 0 Å². The number of carbonyl (C=O) groups excluding carboxylic acids is 1. The van der Waals surface area contributed by atoms with E-state index in [0.29, 0.717) is 11.4 Å². The van der Waals surface area contributed by atoms with E-state index < -0.39 is 4.92 Å². The number of tetrazole rings is 1. The molecule has 1 heterocycles. The fourth-order valence-electron chi connectivity index (χ4n) is 3.08. The predicted octanol–water partition coefficient (Wildman–Crippen LogP) is 1.93. The van der Waals surface area contributed by atoms with Gasteiger partial charge in [0.1, 0.15) is 0 Å². The average molecular weight is 330 g/mol. The lowest BCUT2D eigenvalue weighted by Crippen LogP contribution is -2.26. The van der Waals surface area contributed by atoms with E-state index in [2.05, 4.69) is 20.8 Å². The first-order valence-electron chi connectivity index (χ1n) is 7.87. The molecule has 0 radical (unpaired) electrons. The zero-order valence-corrected chi connectivity index (χ0v) is 13.3. The summed E-state index contributed by atoms with van der Waals surface area (Å²) >= 11 is 0. The van der Waals surface area contributed by atoms with Crippen molar-refractivity contribution in [3.8, 4) is 0 Å². The van der Waals surface area contributed by atoms with Crippen LogP contribution in [0.2, 0.25) is 0 Å². The molecule has 1 N–H and O–H groups in total. The molecular weight excluding hydrogens is 312 g/mol. The second kappa shape index (κ2) is 6.73. The minimum atomic E-state index is -0.493. The molecule has 0 spiro atoms. The predicted molar refractivity (Wildman–Crippen MR) is 84.3 cm³/mol. The maximum absolute atomic E-state index is 12.4. The van der Waals surface area contributed by atoms with Gasteiger partial charge in [-0.25, -0.2) is 4.68 Å². The molecule has 0 aliphatic heterocycles. The van der Waals surface area contributed by atoms with Crippen LogP contribution < -0.4 is 5.32 Å². The standard InChI is InChI=1S/C15H18N6O3/c1-10-12(7-4-8-13(10)21(23)24)15(22)16-9-14-17-18-19-20(14)11-5-2-3-6-11/h4,7-8,11H,2-3,5-6,9H2,1H3,(H,16,22). The average Bonchev–Trinajstić information content (AvgIpc) is 3.23. The number of aromatic nitrogens is 4. The Balaban J connectivity index is 1.72. The number of carbonyl (C=O) groups is 1. The van der Waals surface area contributed by atoms with Crippen molar-refractivity contribution in [2.45, 2.75) is 45.2 Å². The number of nitrogens with zero attached hydrogens (tertiary/aromatic N) is 5. The van der Waals surface area contributed by atoms with Gasteiger partial charge in [-0.05, 0) is 36.3 Å². The molecule has 1 amide bonds. The van der Waals surface area contributed by atoms with Crippen molar-refractivity contribution in [2.75, 3.05) is 0 Å². The van der Waals surface area contributed by atoms with Crippen LogP contribution in [0.25, 0.3) is 0 Å². The Bertz CT molecular complexity index is 766. The number of nitro benzene ring substituents is 1. The number of rotatable bonds is 5. The Morgan fingerprint density at radius 1 is 1.42 bits per heavy atom. The van der Waals surface area contributed by atoms with Crippen molar-refractivity contribution in [3.63, 3.8) is 0 Å². The van der Waals surface area contributed by atoms with E-state index in [1.54, 1.807) is 17.7 Å². The second-order valence-electron chi connectivity index (χ2n) is 5.87. The fraction of sp³-hybridized carbons (Fsp3) is 0.467. The first-order chi connectivity index (χ1) is 11.6. The lowest BCUT2D eigenvalue weighted by Gasteiger charge is -2.12. The molecular formula is C15H18N6O3. The summed E-state index contributed by atoms with van der Waals surface area (Å²) < 4.78 is 1.77. The van der Waals surface area contributed by atoms with Crippen LogP contribution in [0.5, 0.6) is 0 Å². The Morgan fingerprint density at radius 2 is 2.17 bits per heavy atom. The molecule has 3 rings (SSSR count). The van der Waals surface area contributed by atoms with Crippen LogP contribution in [0.4, 0.5) is 5.69 Å². The van der Waals surface area contributed by atoms with Gasteiger partial charge in [0.15, 0.2) is 5.82 Å². The Hall–Kier alpha value is -2.84. The molecule has 1 aromatic carbocycles. The molecule has 9 nitrogen and oxygen atoms in total. The summed E-state index contributed by atoms with van der Waals surface area (Å²) in [5.74, 6) is 0.218. The molecule has 1 saturated carbocycles. The summed E-state index contributed by atoms with van der Waals surface area (Å²) in [6.07, 6.45) is 4.39. The topological polar surface area (TPSA) is 116 Å². The van der Waals surface area contributed by atoms with Crippen LogP contribution in [0.15, 0.2) is 18.2 Å². The second-order valence-corrected chi connectivity index (χ2v) is 5.87. The van der Waals surface area contributed by atoms with Crippen molar-refractivity contribution in [1.29, 1.82) is 0 Å². The van der Waals surface area contributed by atoms with Crippen LogP contribution >= 0.6 is 0 Å². The van der Waals surface area contributed by atoms with Crippen LogP contribution in [0.3, 0.4) is 0 Å². The number of nitro groups is 1. The van der Waals surface area contributed by atoms with Crippen LogP contribution in [-0.4, -0.2) is 31.0 Å². The van der Waals surface area contributed by atoms with E-state index in [0.717, 1.165) is 25.7 Å². The number of nitrogens with one attached hydrogen (secondary N) is 1. The first-order valence-corrected chi connectivity index (χ1v) is 7.87. The molecule has 0 unspecified atom stereocenters. The number of benzene rings is 1. The van der Waals surface area contributed by atoms with Crippen molar-refractivity contribution in [1.82, 2.24) is 25.5 Å². The maximum atomic E-state index is 12.4. The van der Waals surface area contributed by atoms with Gasteiger partial charge in [0.25, 0.3) is 11.6 Å². The molecule has 1 aliphatic carbocycles. The van der Waals surface area contributed by atoms with Crippen LogP contribution in [0, 0.1) is 17.0 Å². The van der Waals surface area contributed by atoms with Crippen molar-refractivity contribution >= 4 is 11.6 Å². The molecule has 126 valence electrons. The highest BCUT2D eigenvalue weighted by Gasteiger charge is 2.22. The largest absolute Gasteiger partial charge is 0.345 e. The summed E-state index contributed by atoms with van der Waals surface area (Å²) in [5, 5.41) is 25.4. The molecule has 0 bridgehead atoms. The van der Waals surface area contributed by atoms with E-state index in [1.807, 2.05) is 0 Å². The van der Waals surface area contributed by atoms with Gasteiger partial charge in [-0.1, -0.05) is 18.9 Å². The molecule has 1 aromatic heterocycles. The summed E-state index contributed by atoms with van der Waals surface area (Å²) in [4.78, 5) is 22.8. The monoisotopic (exact) mass is 330 g/mol. The number of hydrogen-bond donors (Lipinski definition) is 1. The first kappa shape index (κ1) is 16.0. The Labute approximate surface area is 138 Å². The lowest BCUT2D eigenvalue weighted by molar-refractivity contribution is -0.385. The van der Waals surface area contributed by atoms with Crippen molar-refractivity contribution in [3.05, 3.63) is 45.3 Å². The molecule has 24 heavy (non-hydrogen) atoms. The quantitative estimate of drug-likeness (QED) is 0.661. The van der Waals surface area contributed by atoms with E-state index >= 15 is 0 Å². The highest BCUT2D eigenvalue weighted by Crippen LogP contribution is 2.29. The van der Waals surface area contributed by atoms with Gasteiger partial charge in [-0.2, -0.15) is 0 Å². The summed E-state index contributed by atoms with van der Waals surface area (Å²) in [6.45, 7) is 1.75. The molecule has 0 atom stereocenters. The third-order valence-electron chi connectivity index (χ3n) is 4.39. The van der Waals surface area contributed by atoms with Gasteiger partial charge in [0.2, 0.25) is 0 Å². The highest BCUT2D eigenvalue weighted by atomic mass is 16.6. The maximum Gasteiger partial charge on any atom is 0.273 e. The molecule has 1 aliphatic rings. The van der Waals surface area contributed by atoms with Gasteiger partial charge in [0, 0.05) is 17.2 Å². The van der Waals surface area contributed by atoms with E-state index in [4.69, 9.17) is 0 Å². The minimum Gasteiger partial charge on any atom is -0.345 e. The van der Waals surface area contributed by atoms with Gasteiger partial charge in [0.05, 0.1) is 17.5 Å². The number of amides is 1. The van der Waals surface area contributed by atoms with E-state index in [9.17, 15) is 14.9 Å². The minimum absolute atomic E-state index is 0.0709. The lowest BCUT2D eigenvalue weighted by atomic mass is 10.1. The SMILES string of the molecule is Cc1c(C(=O)NCc2nnnn2C2CCCC2)cccc1[N+](=O)[O-]. The van der Waals surface area contributed by atoms with Crippen molar-refractivity contribution < 1.29 is 9.72 Å². The van der Waals surface area contributed by atoms with Crippen LogP contribution in [-0.2, 0) is 6.54 Å². The Kier molecular flexibility index (Phi) is 4.50. The zero-order valence-electron chi connectivity index (χ0n) is 13.3. The van der Waals surface area contributed by atoms with Gasteiger partial charge in [-0.15, -0.1) is 5.10 Å². The molecule has 0 saturated heterocycles. The number of hydrogen-bond acceptors (Lipinski definition) is 6. The zero-order chi connectivity index (χ0) is 17.1. The van der Waals surface area contributed by atoms with E-state index in [-0.39, 0.29) is 29.7 Å². The van der Waals surface area contributed by atoms with Gasteiger partial charge in [-0.3, -0.25) is 14.9 Å². The highest BCUT2D eigenvalue weighted by molar-refractivity contribution is 5.96. The summed E-state index contributed by atoms with van der Waals surface area (Å²) in [7, 11) is 0. The molecule has 1 fully saturated rings. The third kappa shape index (κ3) is 3.10. The summed E-state index contributed by atoms with van der Waals surface area (Å²) in [6, 6.07) is 4.74. The van der Waals surface area contributed by atoms with Gasteiger partial charge >= 0.3 is 0 Å². The summed E-state index contributed by atoms with van der Waals surface area (Å²) in [5.41, 5.74) is 0.554. The fourth-order valence-corrected chi connectivity index (χ4v) is 3.08. The van der Waals surface area contributed by atoms with Crippen LogP contribution in [0.1, 0.15) is 53.5 Å². The van der Waals surface area contributed by atoms with Gasteiger partial charge < -0.3 is 5.32 Å². The Morgan fingerprint density at radius 3 is 2.88 bits per heavy atom. The van der Waals surface area contributed by atoms with E-state index in [1.165, 1.54) is 12.1 Å². The molecule has 2 aromatic rings. The normalized spacial score (nSPS) is 14.7.